The van der Waals surface area contributed by atoms with Gasteiger partial charge in [0.2, 0.25) is 0 Å². The number of fused-ring (bicyclic) bond motifs is 2. The van der Waals surface area contributed by atoms with Crippen LogP contribution >= 0.6 is 11.6 Å². The molecule has 114 valence electrons. The zero-order valence-electron chi connectivity index (χ0n) is 12.2. The van der Waals surface area contributed by atoms with Crippen LogP contribution in [0.1, 0.15) is 16.8 Å². The molecule has 0 spiro atoms. The maximum atomic E-state index is 11.7. The van der Waals surface area contributed by atoms with Gasteiger partial charge >= 0.3 is 6.03 Å². The van der Waals surface area contributed by atoms with Crippen molar-refractivity contribution in [2.24, 2.45) is 5.73 Å². The van der Waals surface area contributed by atoms with Crippen LogP contribution in [0.3, 0.4) is 0 Å². The first-order valence-electron chi connectivity index (χ1n) is 6.96. The first-order chi connectivity index (χ1) is 10.5. The average Bonchev–Trinajstić information content (AvgIpc) is 2.89. The zero-order chi connectivity index (χ0) is 15.9. The van der Waals surface area contributed by atoms with Crippen molar-refractivity contribution in [1.82, 2.24) is 9.88 Å². The summed E-state index contributed by atoms with van der Waals surface area (Å²) in [7, 11) is 1.56. The van der Waals surface area contributed by atoms with Crippen molar-refractivity contribution in [3.8, 4) is 0 Å². The number of alkyl halides is 1. The Bertz CT molecular complexity index is 777. The summed E-state index contributed by atoms with van der Waals surface area (Å²) in [5, 5.41) is 0.996. The molecule has 1 aromatic carbocycles. The van der Waals surface area contributed by atoms with Crippen molar-refractivity contribution in [1.29, 1.82) is 0 Å². The lowest BCUT2D eigenvalue weighted by molar-refractivity contribution is -0.116. The number of rotatable bonds is 3. The molecule has 1 aliphatic carbocycles. The van der Waals surface area contributed by atoms with Crippen molar-refractivity contribution >= 4 is 34.8 Å². The van der Waals surface area contributed by atoms with Crippen LogP contribution in [0, 0.1) is 0 Å². The smallest absolute Gasteiger partial charge is 0.315 e. The van der Waals surface area contributed by atoms with E-state index in [0.717, 1.165) is 34.0 Å². The zero-order valence-corrected chi connectivity index (χ0v) is 12.9. The lowest BCUT2D eigenvalue weighted by atomic mass is 9.96. The van der Waals surface area contributed by atoms with Crippen LogP contribution in [0.15, 0.2) is 24.3 Å². The van der Waals surface area contributed by atoms with E-state index in [2.05, 4.69) is 4.98 Å². The van der Waals surface area contributed by atoms with Crippen LogP contribution in [0.2, 0.25) is 0 Å². The summed E-state index contributed by atoms with van der Waals surface area (Å²) in [4.78, 5) is 29.0. The number of likely N-dealkylation sites (N-methyl/N-ethyl adjacent to an activating group) is 1. The highest BCUT2D eigenvalue weighted by Gasteiger charge is 2.42. The molecule has 1 atom stereocenters. The minimum absolute atomic E-state index is 0.357. The molecule has 6 heteroatoms. The third kappa shape index (κ3) is 2.22. The van der Waals surface area contributed by atoms with Gasteiger partial charge in [0.05, 0.1) is 17.1 Å². The number of primary amides is 1. The van der Waals surface area contributed by atoms with Crippen molar-refractivity contribution in [2.75, 3.05) is 7.05 Å². The number of pyridine rings is 1. The summed E-state index contributed by atoms with van der Waals surface area (Å²) in [6, 6.07) is 7.25. The maximum absolute atomic E-state index is 11.7. The van der Waals surface area contributed by atoms with Gasteiger partial charge < -0.3 is 15.4 Å². The number of aromatic nitrogens is 1. The molecular formula is C16H16ClN3O2. The minimum Gasteiger partial charge on any atom is -0.351 e. The van der Waals surface area contributed by atoms with Gasteiger partial charge in [-0.3, -0.25) is 4.98 Å². The van der Waals surface area contributed by atoms with Crippen molar-refractivity contribution in [3.05, 3.63) is 41.1 Å². The summed E-state index contributed by atoms with van der Waals surface area (Å²) in [6.45, 7) is 0. The second-order valence-electron chi connectivity index (χ2n) is 5.72. The number of hydrogen-bond donors (Lipinski definition) is 1. The molecule has 0 radical (unpaired) electrons. The van der Waals surface area contributed by atoms with E-state index in [1.165, 1.54) is 4.90 Å². The number of carbonyl (C=O) groups is 2. The SMILES string of the molecule is CN(C(N)=O)C1(C=O)Cc2cc3ccc(CCl)nc3cc2C1. The van der Waals surface area contributed by atoms with E-state index in [1.54, 1.807) is 7.05 Å². The Labute approximate surface area is 133 Å². The number of carbonyl (C=O) groups excluding carboxylic acids is 2. The summed E-state index contributed by atoms with van der Waals surface area (Å²) in [5.41, 5.74) is 8.17. The molecule has 0 saturated carbocycles. The standard InChI is InChI=1S/C16H16ClN3O2/c1-20(15(18)22)16(9-21)6-11-4-10-2-3-13(8-17)19-14(10)5-12(11)7-16/h2-5,9H,6-8H2,1H3,(H2,18,22). The number of benzene rings is 1. The highest BCUT2D eigenvalue weighted by atomic mass is 35.5. The highest BCUT2D eigenvalue weighted by Crippen LogP contribution is 2.35. The molecule has 3 rings (SSSR count). The summed E-state index contributed by atoms with van der Waals surface area (Å²) in [6.07, 6.45) is 1.74. The average molecular weight is 318 g/mol. The van der Waals surface area contributed by atoms with Crippen LogP contribution in [-0.2, 0) is 23.5 Å². The van der Waals surface area contributed by atoms with E-state index >= 15 is 0 Å². The Hall–Kier alpha value is -2.14. The second kappa shape index (κ2) is 5.25. The fourth-order valence-corrected chi connectivity index (χ4v) is 3.20. The quantitative estimate of drug-likeness (QED) is 0.695. The molecular weight excluding hydrogens is 302 g/mol. The van der Waals surface area contributed by atoms with E-state index in [0.29, 0.717) is 18.7 Å². The Morgan fingerprint density at radius 2 is 2.09 bits per heavy atom. The van der Waals surface area contributed by atoms with E-state index in [4.69, 9.17) is 17.3 Å². The van der Waals surface area contributed by atoms with Crippen molar-refractivity contribution in [2.45, 2.75) is 24.3 Å². The monoisotopic (exact) mass is 317 g/mol. The molecule has 2 N–H and O–H groups in total. The van der Waals surface area contributed by atoms with Crippen LogP contribution in [0.25, 0.3) is 10.9 Å². The molecule has 1 aliphatic rings. The van der Waals surface area contributed by atoms with Crippen LogP contribution in [0.5, 0.6) is 0 Å². The van der Waals surface area contributed by atoms with Crippen LogP contribution < -0.4 is 5.73 Å². The molecule has 0 fully saturated rings. The highest BCUT2D eigenvalue weighted by molar-refractivity contribution is 6.17. The van der Waals surface area contributed by atoms with Gasteiger partial charge in [-0.05, 0) is 29.3 Å². The number of nitrogens with zero attached hydrogens (tertiary/aromatic N) is 2. The van der Waals surface area contributed by atoms with Gasteiger partial charge in [-0.1, -0.05) is 6.07 Å². The number of urea groups is 1. The second-order valence-corrected chi connectivity index (χ2v) is 5.99. The Kier molecular flexibility index (Phi) is 3.53. The van der Waals surface area contributed by atoms with Crippen LogP contribution in [-0.4, -0.2) is 34.8 Å². The van der Waals surface area contributed by atoms with Gasteiger partial charge in [0.25, 0.3) is 0 Å². The first kappa shape index (κ1) is 14.8. The Morgan fingerprint density at radius 1 is 1.41 bits per heavy atom. The van der Waals surface area contributed by atoms with Crippen LogP contribution in [0.4, 0.5) is 4.79 Å². The van der Waals surface area contributed by atoms with Gasteiger partial charge in [-0.15, -0.1) is 11.6 Å². The molecule has 2 aromatic rings. The van der Waals surface area contributed by atoms with Gasteiger partial charge in [0.1, 0.15) is 11.8 Å². The number of amides is 2. The number of aldehydes is 1. The molecule has 0 bridgehead atoms. The predicted octanol–water partition coefficient (Wildman–Crippen LogP) is 2.02. The summed E-state index contributed by atoms with van der Waals surface area (Å²) in [5.74, 6) is 0.357. The Morgan fingerprint density at radius 3 is 2.68 bits per heavy atom. The third-order valence-corrected chi connectivity index (χ3v) is 4.69. The lowest BCUT2D eigenvalue weighted by Gasteiger charge is -2.32. The van der Waals surface area contributed by atoms with Crippen molar-refractivity contribution in [3.63, 3.8) is 0 Å². The third-order valence-electron chi connectivity index (χ3n) is 4.42. The largest absolute Gasteiger partial charge is 0.351 e. The van der Waals surface area contributed by atoms with E-state index in [-0.39, 0.29) is 0 Å². The fraction of sp³-hybridized carbons (Fsp3) is 0.312. The van der Waals surface area contributed by atoms with E-state index in [9.17, 15) is 9.59 Å². The molecule has 2 amide bonds. The normalized spacial score (nSPS) is 19.9. The molecule has 5 nitrogen and oxygen atoms in total. The molecule has 0 saturated heterocycles. The maximum Gasteiger partial charge on any atom is 0.315 e. The lowest BCUT2D eigenvalue weighted by Crippen LogP contribution is -2.53. The molecule has 22 heavy (non-hydrogen) atoms. The summed E-state index contributed by atoms with van der Waals surface area (Å²) < 4.78 is 0. The van der Waals surface area contributed by atoms with Gasteiger partial charge in [0.15, 0.2) is 0 Å². The topological polar surface area (TPSA) is 76.3 Å². The molecule has 1 aromatic heterocycles. The van der Waals surface area contributed by atoms with Gasteiger partial charge in [0, 0.05) is 25.3 Å². The fourth-order valence-electron chi connectivity index (χ4n) is 3.05. The minimum atomic E-state index is -0.902. The van der Waals surface area contributed by atoms with E-state index in [1.807, 2.05) is 24.3 Å². The Balaban J connectivity index is 2.07. The molecule has 1 unspecified atom stereocenters. The predicted molar refractivity (Wildman–Crippen MR) is 84.8 cm³/mol. The first-order valence-corrected chi connectivity index (χ1v) is 7.49. The molecule has 0 aliphatic heterocycles. The number of hydrogen-bond acceptors (Lipinski definition) is 3. The van der Waals surface area contributed by atoms with Gasteiger partial charge in [-0.2, -0.15) is 0 Å². The van der Waals surface area contributed by atoms with Gasteiger partial charge in [-0.25, -0.2) is 4.79 Å². The summed E-state index contributed by atoms with van der Waals surface area (Å²) >= 11 is 5.82. The van der Waals surface area contributed by atoms with Crippen molar-refractivity contribution < 1.29 is 9.59 Å². The van der Waals surface area contributed by atoms with E-state index < -0.39 is 11.6 Å². The number of nitrogens with two attached hydrogens (primary N) is 1. The molecule has 1 heterocycles. The number of halogens is 1.